The lowest BCUT2D eigenvalue weighted by Crippen LogP contribution is -2.37. The third-order valence-electron chi connectivity index (χ3n) is 5.81. The number of carbonyl (C=O) groups is 2. The van der Waals surface area contributed by atoms with Crippen LogP contribution in [0.25, 0.3) is 0 Å². The van der Waals surface area contributed by atoms with Crippen molar-refractivity contribution in [3.8, 4) is 5.75 Å². The van der Waals surface area contributed by atoms with Crippen molar-refractivity contribution < 1.29 is 14.3 Å². The summed E-state index contributed by atoms with van der Waals surface area (Å²) in [4.78, 5) is 29.9. The van der Waals surface area contributed by atoms with Crippen LogP contribution in [0.2, 0.25) is 0 Å². The fourth-order valence-electron chi connectivity index (χ4n) is 4.35. The average Bonchev–Trinajstić information content (AvgIpc) is 3.28. The second-order valence-corrected chi connectivity index (χ2v) is 8.61. The first kappa shape index (κ1) is 19.6. The molecule has 0 bridgehead atoms. The van der Waals surface area contributed by atoms with E-state index in [0.29, 0.717) is 23.3 Å². The van der Waals surface area contributed by atoms with E-state index in [1.54, 1.807) is 47.6 Å². The second-order valence-electron chi connectivity index (χ2n) is 7.63. The van der Waals surface area contributed by atoms with E-state index in [2.05, 4.69) is 5.32 Å². The van der Waals surface area contributed by atoms with Gasteiger partial charge < -0.3 is 10.1 Å². The Morgan fingerprint density at radius 3 is 2.61 bits per heavy atom. The molecule has 2 heterocycles. The lowest BCUT2D eigenvalue weighted by Gasteiger charge is -2.33. The van der Waals surface area contributed by atoms with Crippen LogP contribution in [-0.2, 0) is 4.79 Å². The van der Waals surface area contributed by atoms with E-state index in [9.17, 15) is 9.59 Å². The van der Waals surface area contributed by atoms with E-state index in [-0.39, 0.29) is 11.7 Å². The van der Waals surface area contributed by atoms with Crippen LogP contribution >= 0.6 is 11.3 Å². The summed E-state index contributed by atoms with van der Waals surface area (Å²) < 4.78 is 5.25. The molecular formula is C25H22N2O3S. The molecule has 0 saturated carbocycles. The van der Waals surface area contributed by atoms with Crippen molar-refractivity contribution in [2.75, 3.05) is 17.3 Å². The van der Waals surface area contributed by atoms with Crippen molar-refractivity contribution >= 4 is 34.4 Å². The number of carbonyl (C=O) groups excluding carboxylic acids is 2. The van der Waals surface area contributed by atoms with Gasteiger partial charge in [-0.1, -0.05) is 18.2 Å². The SMILES string of the molecule is COc1ccc(C(=O)N2c3ccccc3NC3=C(C(=O)CCC3)C2c2cccs2)cc1. The van der Waals surface area contributed by atoms with Gasteiger partial charge in [-0.05, 0) is 60.7 Å². The number of benzene rings is 2. The molecule has 0 spiro atoms. The highest BCUT2D eigenvalue weighted by atomic mass is 32.1. The molecule has 0 radical (unpaired) electrons. The summed E-state index contributed by atoms with van der Waals surface area (Å²) >= 11 is 1.57. The number of ether oxygens (including phenoxy) is 1. The van der Waals surface area contributed by atoms with E-state index in [4.69, 9.17) is 4.74 Å². The molecule has 1 aromatic heterocycles. The minimum Gasteiger partial charge on any atom is -0.497 e. The maximum Gasteiger partial charge on any atom is 0.259 e. The van der Waals surface area contributed by atoms with Crippen molar-refractivity contribution in [3.05, 3.63) is 87.8 Å². The molecule has 156 valence electrons. The summed E-state index contributed by atoms with van der Waals surface area (Å²) in [7, 11) is 1.60. The quantitative estimate of drug-likeness (QED) is 0.590. The maximum absolute atomic E-state index is 13.9. The summed E-state index contributed by atoms with van der Waals surface area (Å²) in [6.07, 6.45) is 2.11. The fourth-order valence-corrected chi connectivity index (χ4v) is 5.17. The molecule has 3 aromatic rings. The van der Waals surface area contributed by atoms with Crippen LogP contribution in [0.15, 0.2) is 77.3 Å². The maximum atomic E-state index is 13.9. The van der Waals surface area contributed by atoms with E-state index in [1.165, 1.54) is 0 Å². The molecule has 1 aliphatic carbocycles. The molecule has 0 saturated heterocycles. The molecule has 1 amide bonds. The average molecular weight is 431 g/mol. The highest BCUT2D eigenvalue weighted by Crippen LogP contribution is 2.46. The molecular weight excluding hydrogens is 408 g/mol. The molecule has 5 rings (SSSR count). The van der Waals surface area contributed by atoms with Gasteiger partial charge >= 0.3 is 0 Å². The molecule has 0 fully saturated rings. The number of nitrogens with one attached hydrogen (secondary N) is 1. The monoisotopic (exact) mass is 430 g/mol. The normalized spacial score (nSPS) is 18.0. The first-order valence-corrected chi connectivity index (χ1v) is 11.2. The minimum atomic E-state index is -0.464. The largest absolute Gasteiger partial charge is 0.497 e. The number of allylic oxidation sites excluding steroid dienone is 1. The predicted octanol–water partition coefficient (Wildman–Crippen LogP) is 5.58. The molecule has 2 aliphatic rings. The number of fused-ring (bicyclic) bond motifs is 1. The Morgan fingerprint density at radius 2 is 1.87 bits per heavy atom. The Labute approximate surface area is 185 Å². The zero-order valence-electron chi connectivity index (χ0n) is 17.1. The summed E-state index contributed by atoms with van der Waals surface area (Å²) in [5.74, 6) is 0.645. The Bertz CT molecular complexity index is 1170. The third kappa shape index (κ3) is 3.43. The van der Waals surface area contributed by atoms with Gasteiger partial charge in [-0.2, -0.15) is 0 Å². The van der Waals surface area contributed by atoms with Crippen molar-refractivity contribution in [3.63, 3.8) is 0 Å². The van der Waals surface area contributed by atoms with Crippen LogP contribution in [0.4, 0.5) is 11.4 Å². The van der Waals surface area contributed by atoms with E-state index >= 15 is 0 Å². The topological polar surface area (TPSA) is 58.6 Å². The zero-order chi connectivity index (χ0) is 21.4. The van der Waals surface area contributed by atoms with Crippen LogP contribution in [-0.4, -0.2) is 18.8 Å². The van der Waals surface area contributed by atoms with Gasteiger partial charge in [0.15, 0.2) is 5.78 Å². The van der Waals surface area contributed by atoms with Gasteiger partial charge in [0.1, 0.15) is 11.8 Å². The summed E-state index contributed by atoms with van der Waals surface area (Å²) in [5, 5.41) is 5.48. The molecule has 5 nitrogen and oxygen atoms in total. The van der Waals surface area contributed by atoms with Crippen molar-refractivity contribution in [1.82, 2.24) is 0 Å². The number of hydrogen-bond acceptors (Lipinski definition) is 5. The predicted molar refractivity (Wildman–Crippen MR) is 123 cm³/mol. The van der Waals surface area contributed by atoms with Gasteiger partial charge in [-0.25, -0.2) is 0 Å². The number of thiophene rings is 1. The first-order chi connectivity index (χ1) is 15.2. The molecule has 2 aromatic carbocycles. The summed E-state index contributed by atoms with van der Waals surface area (Å²) in [6.45, 7) is 0. The van der Waals surface area contributed by atoms with Gasteiger partial charge in [0.2, 0.25) is 0 Å². The zero-order valence-corrected chi connectivity index (χ0v) is 17.9. The number of para-hydroxylation sites is 2. The van der Waals surface area contributed by atoms with Crippen LogP contribution in [0.1, 0.15) is 40.5 Å². The van der Waals surface area contributed by atoms with Gasteiger partial charge in [-0.15, -0.1) is 11.3 Å². The lowest BCUT2D eigenvalue weighted by molar-refractivity contribution is -0.116. The third-order valence-corrected chi connectivity index (χ3v) is 6.73. The molecule has 6 heteroatoms. The van der Waals surface area contributed by atoms with Crippen LogP contribution < -0.4 is 15.0 Å². The molecule has 1 aliphatic heterocycles. The van der Waals surface area contributed by atoms with E-state index in [0.717, 1.165) is 34.8 Å². The smallest absolute Gasteiger partial charge is 0.259 e. The molecule has 1 unspecified atom stereocenters. The number of Topliss-reactive ketones (excluding diaryl/α,β-unsaturated/α-hetero) is 1. The molecule has 1 N–H and O–H groups in total. The van der Waals surface area contributed by atoms with E-state index < -0.39 is 6.04 Å². The summed E-state index contributed by atoms with van der Waals surface area (Å²) in [6, 6.07) is 18.4. The number of methoxy groups -OCH3 is 1. The number of rotatable bonds is 3. The number of ketones is 1. The Morgan fingerprint density at radius 1 is 1.06 bits per heavy atom. The lowest BCUT2D eigenvalue weighted by atomic mass is 9.88. The van der Waals surface area contributed by atoms with Crippen LogP contribution in [0.5, 0.6) is 5.75 Å². The highest BCUT2D eigenvalue weighted by molar-refractivity contribution is 7.10. The number of amides is 1. The standard InChI is InChI=1S/C25H22N2O3S/c1-30-17-13-11-16(12-14-17)25(29)27-20-8-3-2-6-18(20)26-19-7-4-9-21(28)23(19)24(27)22-10-5-15-31-22/h2-3,5-6,8,10-15,24,26H,4,7,9H2,1H3. The van der Waals surface area contributed by atoms with Crippen molar-refractivity contribution in [1.29, 1.82) is 0 Å². The minimum absolute atomic E-state index is 0.104. The van der Waals surface area contributed by atoms with Crippen LogP contribution in [0, 0.1) is 0 Å². The molecule has 1 atom stereocenters. The number of anilines is 2. The highest BCUT2D eigenvalue weighted by Gasteiger charge is 2.40. The Balaban J connectivity index is 1.73. The number of nitrogens with zero attached hydrogens (tertiary/aromatic N) is 1. The Kier molecular flexibility index (Phi) is 5.08. The first-order valence-electron chi connectivity index (χ1n) is 10.3. The van der Waals surface area contributed by atoms with E-state index in [1.807, 2.05) is 41.8 Å². The van der Waals surface area contributed by atoms with Crippen LogP contribution in [0.3, 0.4) is 0 Å². The molecule has 31 heavy (non-hydrogen) atoms. The van der Waals surface area contributed by atoms with Gasteiger partial charge in [0.25, 0.3) is 5.91 Å². The fraction of sp³-hybridized carbons (Fsp3) is 0.200. The summed E-state index contributed by atoms with van der Waals surface area (Å²) in [5.41, 5.74) is 3.78. The Hall–Kier alpha value is -3.38. The van der Waals surface area contributed by atoms with Gasteiger partial charge in [0, 0.05) is 28.1 Å². The van der Waals surface area contributed by atoms with Crippen molar-refractivity contribution in [2.24, 2.45) is 0 Å². The number of hydrogen-bond donors (Lipinski definition) is 1. The van der Waals surface area contributed by atoms with Gasteiger partial charge in [-0.3, -0.25) is 14.5 Å². The second kappa shape index (κ2) is 8.04. The van der Waals surface area contributed by atoms with Gasteiger partial charge in [0.05, 0.1) is 18.5 Å². The van der Waals surface area contributed by atoms with Crippen molar-refractivity contribution in [2.45, 2.75) is 25.3 Å².